The Hall–Kier alpha value is -0.340. The molecule has 13 heavy (non-hydrogen) atoms. The van der Waals surface area contributed by atoms with E-state index in [9.17, 15) is 0 Å². The highest BCUT2D eigenvalue weighted by Gasteiger charge is 2.20. The van der Waals surface area contributed by atoms with Crippen LogP contribution >= 0.6 is 23.4 Å². The normalized spacial score (nSPS) is 16.1. The van der Waals surface area contributed by atoms with E-state index in [1.54, 1.807) is 0 Å². The maximum absolute atomic E-state index is 5.91. The van der Waals surface area contributed by atoms with Gasteiger partial charge in [0.25, 0.3) is 0 Å². The molecule has 0 unspecified atom stereocenters. The van der Waals surface area contributed by atoms with Crippen molar-refractivity contribution < 1.29 is 0 Å². The highest BCUT2D eigenvalue weighted by molar-refractivity contribution is 7.99. The van der Waals surface area contributed by atoms with E-state index < -0.39 is 0 Å². The van der Waals surface area contributed by atoms with Crippen LogP contribution in [0, 0.1) is 5.92 Å². The molecular formula is C10H12ClNS. The Kier molecular flexibility index (Phi) is 2.70. The molecule has 0 heterocycles. The molecule has 2 rings (SSSR count). The number of nitrogen functional groups attached to an aromatic ring is 1. The molecule has 0 aliphatic heterocycles. The van der Waals surface area contributed by atoms with Gasteiger partial charge in [0.1, 0.15) is 0 Å². The van der Waals surface area contributed by atoms with Gasteiger partial charge in [-0.15, -0.1) is 11.8 Å². The van der Waals surface area contributed by atoms with Crippen molar-refractivity contribution in [2.45, 2.75) is 17.7 Å². The zero-order chi connectivity index (χ0) is 9.26. The number of thioether (sulfide) groups is 1. The third-order valence-corrected chi connectivity index (χ3v) is 3.71. The predicted octanol–water partition coefficient (Wildman–Crippen LogP) is 3.42. The molecule has 0 saturated heterocycles. The van der Waals surface area contributed by atoms with Crippen molar-refractivity contribution in [3.63, 3.8) is 0 Å². The van der Waals surface area contributed by atoms with Gasteiger partial charge in [0.2, 0.25) is 0 Å². The molecule has 0 radical (unpaired) electrons. The van der Waals surface area contributed by atoms with Crippen LogP contribution in [-0.4, -0.2) is 5.75 Å². The summed E-state index contributed by atoms with van der Waals surface area (Å²) in [6.07, 6.45) is 2.80. The van der Waals surface area contributed by atoms with Crippen LogP contribution in [-0.2, 0) is 0 Å². The zero-order valence-electron chi connectivity index (χ0n) is 7.29. The van der Waals surface area contributed by atoms with E-state index in [0.29, 0.717) is 10.7 Å². The summed E-state index contributed by atoms with van der Waals surface area (Å²) in [6.45, 7) is 0. The number of anilines is 1. The van der Waals surface area contributed by atoms with Gasteiger partial charge in [0.05, 0.1) is 10.7 Å². The van der Waals surface area contributed by atoms with E-state index in [0.717, 1.165) is 5.92 Å². The summed E-state index contributed by atoms with van der Waals surface area (Å²) >= 11 is 7.78. The van der Waals surface area contributed by atoms with Gasteiger partial charge in [-0.05, 0) is 37.0 Å². The lowest BCUT2D eigenvalue weighted by atomic mass is 10.3. The van der Waals surface area contributed by atoms with E-state index in [1.807, 2.05) is 30.0 Å². The second-order valence-corrected chi connectivity index (χ2v) is 4.94. The van der Waals surface area contributed by atoms with Gasteiger partial charge in [-0.3, -0.25) is 0 Å². The Balaban J connectivity index is 1.98. The monoisotopic (exact) mass is 213 g/mol. The Labute approximate surface area is 87.7 Å². The molecule has 70 valence electrons. The summed E-state index contributed by atoms with van der Waals surface area (Å²) < 4.78 is 0. The van der Waals surface area contributed by atoms with Crippen LogP contribution in [0.15, 0.2) is 23.1 Å². The average molecular weight is 214 g/mol. The molecule has 1 fully saturated rings. The van der Waals surface area contributed by atoms with Gasteiger partial charge >= 0.3 is 0 Å². The van der Waals surface area contributed by atoms with Crippen LogP contribution in [0.1, 0.15) is 12.8 Å². The molecular weight excluding hydrogens is 202 g/mol. The lowest BCUT2D eigenvalue weighted by Gasteiger charge is -2.02. The van der Waals surface area contributed by atoms with E-state index in [-0.39, 0.29) is 0 Å². The van der Waals surface area contributed by atoms with Crippen LogP contribution in [0.5, 0.6) is 0 Å². The van der Waals surface area contributed by atoms with Gasteiger partial charge in [0.15, 0.2) is 0 Å². The summed E-state index contributed by atoms with van der Waals surface area (Å²) in [7, 11) is 0. The van der Waals surface area contributed by atoms with E-state index in [2.05, 4.69) is 0 Å². The molecule has 0 amide bonds. The van der Waals surface area contributed by atoms with Gasteiger partial charge in [-0.1, -0.05) is 11.6 Å². The van der Waals surface area contributed by atoms with E-state index in [4.69, 9.17) is 17.3 Å². The van der Waals surface area contributed by atoms with E-state index in [1.165, 1.54) is 23.5 Å². The van der Waals surface area contributed by atoms with Crippen molar-refractivity contribution in [2.75, 3.05) is 11.5 Å². The Morgan fingerprint density at radius 3 is 2.85 bits per heavy atom. The van der Waals surface area contributed by atoms with Crippen molar-refractivity contribution in [2.24, 2.45) is 5.92 Å². The van der Waals surface area contributed by atoms with Gasteiger partial charge in [-0.25, -0.2) is 0 Å². The summed E-state index contributed by atoms with van der Waals surface area (Å²) in [4.78, 5) is 1.23. The fraction of sp³-hybridized carbons (Fsp3) is 0.400. The number of rotatable bonds is 3. The minimum absolute atomic E-state index is 0.664. The SMILES string of the molecule is Nc1ccc(SCC2CC2)cc1Cl. The molecule has 0 atom stereocenters. The Morgan fingerprint density at radius 1 is 1.46 bits per heavy atom. The number of benzene rings is 1. The molecule has 0 spiro atoms. The topological polar surface area (TPSA) is 26.0 Å². The number of hydrogen-bond acceptors (Lipinski definition) is 2. The maximum atomic E-state index is 5.91. The van der Waals surface area contributed by atoms with Crippen LogP contribution in [0.3, 0.4) is 0 Å². The lowest BCUT2D eigenvalue weighted by Crippen LogP contribution is -1.86. The molecule has 1 saturated carbocycles. The summed E-state index contributed by atoms with van der Waals surface area (Å²) in [5.74, 6) is 2.17. The minimum Gasteiger partial charge on any atom is -0.398 e. The lowest BCUT2D eigenvalue weighted by molar-refractivity contribution is 1.000. The predicted molar refractivity (Wildman–Crippen MR) is 59.3 cm³/mol. The highest BCUT2D eigenvalue weighted by Crippen LogP contribution is 2.36. The first kappa shape index (κ1) is 9.22. The van der Waals surface area contributed by atoms with Crippen molar-refractivity contribution in [1.82, 2.24) is 0 Å². The van der Waals surface area contributed by atoms with Crippen LogP contribution in [0.25, 0.3) is 0 Å². The molecule has 2 N–H and O–H groups in total. The Morgan fingerprint density at radius 2 is 2.23 bits per heavy atom. The first-order valence-corrected chi connectivity index (χ1v) is 5.80. The summed E-state index contributed by atoms with van der Waals surface area (Å²) in [6, 6.07) is 5.86. The van der Waals surface area contributed by atoms with Crippen molar-refractivity contribution in [1.29, 1.82) is 0 Å². The van der Waals surface area contributed by atoms with Crippen molar-refractivity contribution in [3.05, 3.63) is 23.2 Å². The largest absolute Gasteiger partial charge is 0.398 e. The molecule has 0 bridgehead atoms. The van der Waals surface area contributed by atoms with Crippen LogP contribution < -0.4 is 5.73 Å². The number of halogens is 1. The average Bonchev–Trinajstić information content (AvgIpc) is 2.91. The standard InChI is InChI=1S/C10H12ClNS/c11-9-5-8(3-4-10(9)12)13-6-7-1-2-7/h3-5,7H,1-2,6,12H2. The first-order chi connectivity index (χ1) is 6.25. The van der Waals surface area contributed by atoms with Crippen LogP contribution in [0.2, 0.25) is 5.02 Å². The second kappa shape index (κ2) is 3.81. The minimum atomic E-state index is 0.664. The summed E-state index contributed by atoms with van der Waals surface area (Å²) in [5, 5.41) is 0.667. The maximum Gasteiger partial charge on any atom is 0.0646 e. The molecule has 3 heteroatoms. The van der Waals surface area contributed by atoms with Crippen molar-refractivity contribution in [3.8, 4) is 0 Å². The molecule has 1 aliphatic rings. The zero-order valence-corrected chi connectivity index (χ0v) is 8.87. The fourth-order valence-corrected chi connectivity index (χ4v) is 2.47. The molecule has 1 aromatic carbocycles. The number of nitrogens with two attached hydrogens (primary N) is 1. The molecule has 1 nitrogen and oxygen atoms in total. The van der Waals surface area contributed by atoms with E-state index >= 15 is 0 Å². The third-order valence-electron chi connectivity index (χ3n) is 2.15. The summed E-state index contributed by atoms with van der Waals surface area (Å²) in [5.41, 5.74) is 6.28. The molecule has 1 aromatic rings. The van der Waals surface area contributed by atoms with Gasteiger partial charge in [-0.2, -0.15) is 0 Å². The van der Waals surface area contributed by atoms with Gasteiger partial charge < -0.3 is 5.73 Å². The number of hydrogen-bond donors (Lipinski definition) is 1. The van der Waals surface area contributed by atoms with Crippen molar-refractivity contribution >= 4 is 29.1 Å². The third kappa shape index (κ3) is 2.55. The van der Waals surface area contributed by atoms with Crippen LogP contribution in [0.4, 0.5) is 5.69 Å². The van der Waals surface area contributed by atoms with Gasteiger partial charge in [0, 0.05) is 10.6 Å². The molecule has 1 aliphatic carbocycles. The first-order valence-electron chi connectivity index (χ1n) is 4.43. The Bertz CT molecular complexity index is 310. The fourth-order valence-electron chi connectivity index (χ4n) is 1.10. The highest BCUT2D eigenvalue weighted by atomic mass is 35.5. The smallest absolute Gasteiger partial charge is 0.0646 e. The molecule has 0 aromatic heterocycles. The second-order valence-electron chi connectivity index (χ2n) is 3.44. The quantitative estimate of drug-likeness (QED) is 0.615.